The Kier molecular flexibility index (Phi) is 5.14. The number of thiazole rings is 1. The Hall–Kier alpha value is -3.45. The third kappa shape index (κ3) is 3.40. The molecule has 0 saturated heterocycles. The van der Waals surface area contributed by atoms with Crippen LogP contribution in [0.3, 0.4) is 0 Å². The summed E-state index contributed by atoms with van der Waals surface area (Å²) in [7, 11) is 3.40. The zero-order valence-corrected chi connectivity index (χ0v) is 17.0. The molecule has 3 aromatic rings. The average Bonchev–Trinajstić information content (AvgIpc) is 3.27. The number of likely N-dealkylation sites (N-methyl/N-ethyl adjacent to an activating group) is 1. The van der Waals surface area contributed by atoms with E-state index in [2.05, 4.69) is 11.6 Å². The first-order chi connectivity index (χ1) is 14.1. The summed E-state index contributed by atoms with van der Waals surface area (Å²) in [6, 6.07) is 15.4. The maximum absolute atomic E-state index is 12.9. The number of carbonyl (C=O) groups excluding carboxylic acids is 1. The fourth-order valence-electron chi connectivity index (χ4n) is 3.15. The van der Waals surface area contributed by atoms with E-state index in [1.54, 1.807) is 29.8 Å². The van der Waals surface area contributed by atoms with Gasteiger partial charge in [-0.05, 0) is 30.3 Å². The molecule has 0 saturated carbocycles. The number of hydrogen-bond acceptors (Lipinski definition) is 5. The van der Waals surface area contributed by atoms with Crippen LogP contribution < -0.4 is 14.4 Å². The topological polar surface area (TPSA) is 59.2 Å². The number of aromatic nitrogens is 1. The molecule has 146 valence electrons. The Bertz CT molecular complexity index is 1170. The molecule has 4 rings (SSSR count). The van der Waals surface area contributed by atoms with Gasteiger partial charge in [0, 0.05) is 23.6 Å². The summed E-state index contributed by atoms with van der Waals surface area (Å²) in [6.07, 6.45) is 1.73. The molecular weight excluding hydrogens is 384 g/mol. The summed E-state index contributed by atoms with van der Waals surface area (Å²) in [5.41, 5.74) is 3.87. The van der Waals surface area contributed by atoms with Crippen molar-refractivity contribution in [3.63, 3.8) is 0 Å². The van der Waals surface area contributed by atoms with Gasteiger partial charge in [0.15, 0.2) is 5.71 Å². The molecular formula is C22H20N4O2S. The molecule has 2 heterocycles. The van der Waals surface area contributed by atoms with E-state index in [9.17, 15) is 4.79 Å². The third-order valence-electron chi connectivity index (χ3n) is 4.65. The lowest BCUT2D eigenvalue weighted by atomic mass is 10.1. The van der Waals surface area contributed by atoms with Crippen LogP contribution in [0.2, 0.25) is 0 Å². The van der Waals surface area contributed by atoms with Crippen molar-refractivity contribution in [3.8, 4) is 17.0 Å². The average molecular weight is 404 g/mol. The molecule has 0 spiro atoms. The molecule has 0 radical (unpaired) electrons. The van der Waals surface area contributed by atoms with Gasteiger partial charge in [-0.25, -0.2) is 4.68 Å². The Morgan fingerprint density at radius 1 is 1.17 bits per heavy atom. The number of methoxy groups -OCH3 is 1. The van der Waals surface area contributed by atoms with Crippen molar-refractivity contribution in [1.82, 2.24) is 4.68 Å². The first-order valence-electron chi connectivity index (χ1n) is 9.07. The lowest BCUT2D eigenvalue weighted by Gasteiger charge is -2.08. The zero-order chi connectivity index (χ0) is 20.4. The van der Waals surface area contributed by atoms with Crippen molar-refractivity contribution in [1.29, 1.82) is 0 Å². The largest absolute Gasteiger partial charge is 0.497 e. The maximum atomic E-state index is 12.9. The number of nitrogens with zero attached hydrogens (tertiary/aromatic N) is 4. The first kappa shape index (κ1) is 18.9. The molecule has 1 aliphatic rings. The van der Waals surface area contributed by atoms with Crippen LogP contribution in [-0.2, 0) is 4.79 Å². The van der Waals surface area contributed by atoms with Gasteiger partial charge in [-0.1, -0.05) is 24.3 Å². The van der Waals surface area contributed by atoms with Crippen molar-refractivity contribution in [2.75, 3.05) is 25.6 Å². The Labute approximate surface area is 172 Å². The van der Waals surface area contributed by atoms with Crippen LogP contribution in [0.4, 0.5) is 5.69 Å². The molecule has 1 aliphatic heterocycles. The third-order valence-corrected chi connectivity index (χ3v) is 5.51. The number of fused-ring (bicyclic) bond motifs is 1. The first-order valence-corrected chi connectivity index (χ1v) is 9.94. The summed E-state index contributed by atoms with van der Waals surface area (Å²) in [5.74, 6) is 0.639. The minimum atomic E-state index is -0.139. The monoisotopic (exact) mass is 404 g/mol. The van der Waals surface area contributed by atoms with Crippen molar-refractivity contribution in [2.45, 2.75) is 0 Å². The smallest absolute Gasteiger partial charge is 0.279 e. The summed E-state index contributed by atoms with van der Waals surface area (Å²) >= 11 is 1.47. The van der Waals surface area contributed by atoms with Crippen LogP contribution >= 0.6 is 11.3 Å². The van der Waals surface area contributed by atoms with Gasteiger partial charge in [0.2, 0.25) is 4.80 Å². The number of carbonyl (C=O) groups is 1. The fraction of sp³-hybridized carbons (Fsp3) is 0.136. The van der Waals surface area contributed by atoms with E-state index in [0.717, 1.165) is 28.3 Å². The van der Waals surface area contributed by atoms with Crippen LogP contribution in [0.15, 0.2) is 76.7 Å². The number of hydrogen-bond donors (Lipinski definition) is 0. The SMILES string of the molecule is C=CCN=c1scc(-c2ccc(OC)cc2)n1N=C1C(=O)N(C)c2ccccc21. The van der Waals surface area contributed by atoms with Crippen LogP contribution in [-0.4, -0.2) is 37.0 Å². The lowest BCUT2D eigenvalue weighted by molar-refractivity contribution is -0.112. The number of benzene rings is 2. The highest BCUT2D eigenvalue weighted by molar-refractivity contribution is 7.07. The molecule has 6 nitrogen and oxygen atoms in total. The second-order valence-electron chi connectivity index (χ2n) is 6.40. The normalized spacial score (nSPS) is 15.1. The van der Waals surface area contributed by atoms with E-state index in [-0.39, 0.29) is 5.91 Å². The molecule has 2 aromatic carbocycles. The van der Waals surface area contributed by atoms with E-state index in [1.807, 2.05) is 53.9 Å². The lowest BCUT2D eigenvalue weighted by Crippen LogP contribution is -2.27. The van der Waals surface area contributed by atoms with Crippen LogP contribution in [0.1, 0.15) is 5.56 Å². The molecule has 0 atom stereocenters. The van der Waals surface area contributed by atoms with Crippen LogP contribution in [0, 0.1) is 0 Å². The second kappa shape index (κ2) is 7.89. The summed E-state index contributed by atoms with van der Waals surface area (Å²) in [6.45, 7) is 4.21. The second-order valence-corrected chi connectivity index (χ2v) is 7.24. The minimum Gasteiger partial charge on any atom is -0.497 e. The maximum Gasteiger partial charge on any atom is 0.279 e. The van der Waals surface area contributed by atoms with Gasteiger partial charge in [0.25, 0.3) is 5.91 Å². The van der Waals surface area contributed by atoms with E-state index < -0.39 is 0 Å². The highest BCUT2D eigenvalue weighted by Crippen LogP contribution is 2.29. The van der Waals surface area contributed by atoms with Gasteiger partial charge in [-0.15, -0.1) is 17.9 Å². The Balaban J connectivity index is 1.90. The molecule has 0 fully saturated rings. The number of rotatable bonds is 5. The number of anilines is 1. The summed E-state index contributed by atoms with van der Waals surface area (Å²) in [4.78, 5) is 19.7. The Morgan fingerprint density at radius 3 is 2.66 bits per heavy atom. The molecule has 0 bridgehead atoms. The molecule has 0 N–H and O–H groups in total. The van der Waals surface area contributed by atoms with E-state index in [4.69, 9.17) is 9.84 Å². The fourth-order valence-corrected chi connectivity index (χ4v) is 3.99. The van der Waals surface area contributed by atoms with Gasteiger partial charge in [0.05, 0.1) is 25.0 Å². The molecule has 1 amide bonds. The van der Waals surface area contributed by atoms with Gasteiger partial charge in [-0.3, -0.25) is 9.79 Å². The minimum absolute atomic E-state index is 0.139. The quantitative estimate of drug-likeness (QED) is 0.611. The number of para-hydroxylation sites is 1. The van der Waals surface area contributed by atoms with Gasteiger partial charge < -0.3 is 9.64 Å². The van der Waals surface area contributed by atoms with Gasteiger partial charge in [-0.2, -0.15) is 5.10 Å². The standard InChI is InChI=1S/C22H20N4O2S/c1-4-13-23-22-26(19(14-29-22)15-9-11-16(28-3)12-10-15)24-20-17-7-5-6-8-18(17)25(2)21(20)27/h4-12,14H,1,13H2,2-3H3. The highest BCUT2D eigenvalue weighted by atomic mass is 32.1. The molecule has 0 aliphatic carbocycles. The zero-order valence-electron chi connectivity index (χ0n) is 16.2. The summed E-state index contributed by atoms with van der Waals surface area (Å²) in [5, 5.41) is 6.74. The molecule has 1 aromatic heterocycles. The molecule has 0 unspecified atom stereocenters. The van der Waals surface area contributed by atoms with Crippen molar-refractivity contribution in [2.24, 2.45) is 10.1 Å². The van der Waals surface area contributed by atoms with E-state index in [1.165, 1.54) is 11.3 Å². The molecule has 7 heteroatoms. The summed E-state index contributed by atoms with van der Waals surface area (Å²) < 4.78 is 6.99. The van der Waals surface area contributed by atoms with E-state index in [0.29, 0.717) is 17.1 Å². The number of ether oxygens (including phenoxy) is 1. The van der Waals surface area contributed by atoms with Gasteiger partial charge >= 0.3 is 0 Å². The van der Waals surface area contributed by atoms with Crippen molar-refractivity contribution in [3.05, 3.63) is 76.9 Å². The van der Waals surface area contributed by atoms with Crippen LogP contribution in [0.5, 0.6) is 5.75 Å². The predicted octanol–water partition coefficient (Wildman–Crippen LogP) is 3.54. The predicted molar refractivity (Wildman–Crippen MR) is 117 cm³/mol. The van der Waals surface area contributed by atoms with Crippen LogP contribution in [0.25, 0.3) is 11.3 Å². The van der Waals surface area contributed by atoms with E-state index >= 15 is 0 Å². The van der Waals surface area contributed by atoms with Gasteiger partial charge in [0.1, 0.15) is 5.75 Å². The van der Waals surface area contributed by atoms with Crippen molar-refractivity contribution < 1.29 is 9.53 Å². The Morgan fingerprint density at radius 2 is 1.93 bits per heavy atom. The molecule has 29 heavy (non-hydrogen) atoms. The number of amides is 1. The van der Waals surface area contributed by atoms with Crippen molar-refractivity contribution >= 4 is 28.6 Å². The highest BCUT2D eigenvalue weighted by Gasteiger charge is 2.31.